The summed E-state index contributed by atoms with van der Waals surface area (Å²) in [5.74, 6) is 0.639. The van der Waals surface area contributed by atoms with Gasteiger partial charge >= 0.3 is 0 Å². The summed E-state index contributed by atoms with van der Waals surface area (Å²) in [6, 6.07) is 8.32. The number of hydrogen-bond acceptors (Lipinski definition) is 1. The Morgan fingerprint density at radius 3 is 2.83 bits per heavy atom. The minimum absolute atomic E-state index is 0.279. The highest BCUT2D eigenvalue weighted by molar-refractivity contribution is 5.85. The van der Waals surface area contributed by atoms with E-state index in [9.17, 15) is 4.79 Å². The highest BCUT2D eigenvalue weighted by Gasteiger charge is 2.17. The molecule has 0 bridgehead atoms. The van der Waals surface area contributed by atoms with Gasteiger partial charge in [0.1, 0.15) is 5.78 Å². The van der Waals surface area contributed by atoms with Gasteiger partial charge in [0.15, 0.2) is 0 Å². The number of nitrogens with one attached hydrogen (secondary N) is 1. The smallest absolute Gasteiger partial charge is 0.130 e. The second kappa shape index (κ2) is 5.85. The summed E-state index contributed by atoms with van der Waals surface area (Å²) in [6.45, 7) is 3.88. The van der Waals surface area contributed by atoms with E-state index in [0.29, 0.717) is 12.3 Å². The van der Waals surface area contributed by atoms with Crippen molar-refractivity contribution in [3.05, 3.63) is 36.0 Å². The number of aromatic nitrogens is 1. The molecule has 0 spiro atoms. The number of H-pyrrole nitrogens is 1. The molecule has 1 aromatic carbocycles. The number of benzene rings is 1. The molecule has 0 saturated carbocycles. The highest BCUT2D eigenvalue weighted by atomic mass is 16.1. The average Bonchev–Trinajstić information content (AvgIpc) is 2.78. The Bertz CT molecular complexity index is 527. The Balaban J connectivity index is 2.31. The van der Waals surface area contributed by atoms with Gasteiger partial charge in [0.05, 0.1) is 0 Å². The Morgan fingerprint density at radius 1 is 1.33 bits per heavy atom. The van der Waals surface area contributed by atoms with Crippen LogP contribution in [0.4, 0.5) is 0 Å². The molecule has 1 unspecified atom stereocenters. The number of aromatic amines is 1. The lowest BCUT2D eigenvalue weighted by atomic mass is 9.89. The molecule has 0 aliphatic carbocycles. The number of hydrogen-bond donors (Lipinski definition) is 1. The van der Waals surface area contributed by atoms with Crippen LogP contribution in [0.2, 0.25) is 0 Å². The van der Waals surface area contributed by atoms with Gasteiger partial charge in [-0.2, -0.15) is 0 Å². The zero-order valence-corrected chi connectivity index (χ0v) is 11.2. The van der Waals surface area contributed by atoms with E-state index < -0.39 is 0 Å². The molecule has 2 rings (SSSR count). The number of rotatable bonds is 6. The largest absolute Gasteiger partial charge is 0.361 e. The number of unbranched alkanes of at least 4 members (excludes halogenated alkanes) is 1. The van der Waals surface area contributed by atoms with Crippen molar-refractivity contribution in [1.29, 1.82) is 0 Å². The van der Waals surface area contributed by atoms with Crippen molar-refractivity contribution in [2.75, 3.05) is 0 Å². The molecule has 96 valence electrons. The van der Waals surface area contributed by atoms with Crippen LogP contribution in [0, 0.1) is 0 Å². The maximum absolute atomic E-state index is 11.4. The molecule has 2 heteroatoms. The van der Waals surface area contributed by atoms with Crippen molar-refractivity contribution < 1.29 is 4.79 Å². The summed E-state index contributed by atoms with van der Waals surface area (Å²) in [5.41, 5.74) is 2.46. The number of carbonyl (C=O) groups is 1. The highest BCUT2D eigenvalue weighted by Crippen LogP contribution is 2.31. The molecule has 1 N–H and O–H groups in total. The monoisotopic (exact) mass is 243 g/mol. The number of Topliss-reactive ketones (excluding diaryl/α,β-unsaturated/α-hetero) is 1. The second-order valence-corrected chi connectivity index (χ2v) is 5.03. The Labute approximate surface area is 108 Å². The fourth-order valence-electron chi connectivity index (χ4n) is 2.60. The normalized spacial score (nSPS) is 12.8. The Morgan fingerprint density at radius 2 is 2.11 bits per heavy atom. The van der Waals surface area contributed by atoms with Gasteiger partial charge in [0.25, 0.3) is 0 Å². The van der Waals surface area contributed by atoms with Crippen molar-refractivity contribution in [2.24, 2.45) is 0 Å². The molecule has 2 aromatic rings. The fourth-order valence-corrected chi connectivity index (χ4v) is 2.60. The van der Waals surface area contributed by atoms with E-state index in [1.165, 1.54) is 23.8 Å². The molecular formula is C16H21NO. The van der Waals surface area contributed by atoms with Crippen LogP contribution in [0.1, 0.15) is 51.0 Å². The lowest BCUT2D eigenvalue weighted by Gasteiger charge is -2.14. The third-order valence-electron chi connectivity index (χ3n) is 3.50. The molecule has 0 amide bonds. The number of para-hydroxylation sites is 1. The summed E-state index contributed by atoms with van der Waals surface area (Å²) in [7, 11) is 0. The van der Waals surface area contributed by atoms with E-state index in [4.69, 9.17) is 0 Å². The first-order chi connectivity index (χ1) is 8.72. The van der Waals surface area contributed by atoms with E-state index in [1.807, 2.05) is 6.07 Å². The van der Waals surface area contributed by atoms with Crippen LogP contribution in [-0.2, 0) is 4.79 Å². The standard InChI is InChI=1S/C16H21NO/c1-3-4-7-13(10-12(2)18)15-11-17-16-9-6-5-8-14(15)16/h5-6,8-9,11,13,17H,3-4,7,10H2,1-2H3. The van der Waals surface area contributed by atoms with Gasteiger partial charge in [-0.05, 0) is 30.9 Å². The molecule has 1 heterocycles. The number of ketones is 1. The molecule has 0 radical (unpaired) electrons. The van der Waals surface area contributed by atoms with E-state index in [-0.39, 0.29) is 5.78 Å². The fraction of sp³-hybridized carbons (Fsp3) is 0.438. The molecule has 0 saturated heterocycles. The summed E-state index contributed by atoms with van der Waals surface area (Å²) in [6.07, 6.45) is 6.18. The summed E-state index contributed by atoms with van der Waals surface area (Å²) in [5, 5.41) is 1.26. The van der Waals surface area contributed by atoms with Gasteiger partial charge in [0.2, 0.25) is 0 Å². The average molecular weight is 243 g/mol. The van der Waals surface area contributed by atoms with Crippen LogP contribution in [0.25, 0.3) is 10.9 Å². The molecule has 0 aliphatic rings. The molecular weight excluding hydrogens is 222 g/mol. The summed E-state index contributed by atoms with van der Waals surface area (Å²) < 4.78 is 0. The first-order valence-electron chi connectivity index (χ1n) is 6.77. The quantitative estimate of drug-likeness (QED) is 0.800. The molecule has 18 heavy (non-hydrogen) atoms. The van der Waals surface area contributed by atoms with Crippen LogP contribution in [0.5, 0.6) is 0 Å². The Hall–Kier alpha value is -1.57. The van der Waals surface area contributed by atoms with Crippen LogP contribution >= 0.6 is 0 Å². The van der Waals surface area contributed by atoms with Gasteiger partial charge < -0.3 is 9.78 Å². The summed E-state index contributed by atoms with van der Waals surface area (Å²) >= 11 is 0. The van der Waals surface area contributed by atoms with Crippen LogP contribution in [-0.4, -0.2) is 10.8 Å². The van der Waals surface area contributed by atoms with Crippen molar-refractivity contribution >= 4 is 16.7 Å². The van der Waals surface area contributed by atoms with E-state index in [0.717, 1.165) is 11.9 Å². The zero-order chi connectivity index (χ0) is 13.0. The second-order valence-electron chi connectivity index (χ2n) is 5.03. The number of fused-ring (bicyclic) bond motifs is 1. The lowest BCUT2D eigenvalue weighted by molar-refractivity contribution is -0.117. The van der Waals surface area contributed by atoms with Gasteiger partial charge in [-0.15, -0.1) is 0 Å². The topological polar surface area (TPSA) is 32.9 Å². The molecule has 1 atom stereocenters. The van der Waals surface area contributed by atoms with Crippen molar-refractivity contribution in [2.45, 2.75) is 45.4 Å². The summed E-state index contributed by atoms with van der Waals surface area (Å²) in [4.78, 5) is 14.7. The third kappa shape index (κ3) is 2.81. The van der Waals surface area contributed by atoms with Crippen molar-refractivity contribution in [1.82, 2.24) is 4.98 Å². The minimum Gasteiger partial charge on any atom is -0.361 e. The van der Waals surface area contributed by atoms with Crippen LogP contribution in [0.15, 0.2) is 30.5 Å². The van der Waals surface area contributed by atoms with Crippen LogP contribution < -0.4 is 0 Å². The van der Waals surface area contributed by atoms with Crippen LogP contribution in [0.3, 0.4) is 0 Å². The van der Waals surface area contributed by atoms with Crippen molar-refractivity contribution in [3.63, 3.8) is 0 Å². The van der Waals surface area contributed by atoms with E-state index in [2.05, 4.69) is 36.3 Å². The molecule has 0 fully saturated rings. The predicted octanol–water partition coefficient (Wildman–Crippen LogP) is 4.42. The number of carbonyl (C=O) groups excluding carboxylic acids is 1. The van der Waals surface area contributed by atoms with E-state index in [1.54, 1.807) is 6.92 Å². The van der Waals surface area contributed by atoms with Gasteiger partial charge in [0, 0.05) is 23.5 Å². The molecule has 0 aliphatic heterocycles. The maximum Gasteiger partial charge on any atom is 0.130 e. The molecule has 1 aromatic heterocycles. The lowest BCUT2D eigenvalue weighted by Crippen LogP contribution is -2.04. The zero-order valence-electron chi connectivity index (χ0n) is 11.2. The first kappa shape index (κ1) is 12.9. The predicted molar refractivity (Wildman–Crippen MR) is 75.9 cm³/mol. The Kier molecular flexibility index (Phi) is 4.19. The maximum atomic E-state index is 11.4. The first-order valence-corrected chi connectivity index (χ1v) is 6.77. The van der Waals surface area contributed by atoms with E-state index >= 15 is 0 Å². The molecule has 2 nitrogen and oxygen atoms in total. The van der Waals surface area contributed by atoms with Gasteiger partial charge in [-0.25, -0.2) is 0 Å². The van der Waals surface area contributed by atoms with Gasteiger partial charge in [-0.1, -0.05) is 38.0 Å². The third-order valence-corrected chi connectivity index (χ3v) is 3.50. The van der Waals surface area contributed by atoms with Crippen molar-refractivity contribution in [3.8, 4) is 0 Å². The SMILES string of the molecule is CCCCC(CC(C)=O)c1c[nH]c2ccccc12. The minimum atomic E-state index is 0.279. The van der Waals surface area contributed by atoms with Gasteiger partial charge in [-0.3, -0.25) is 0 Å².